The van der Waals surface area contributed by atoms with Crippen LogP contribution in [0.5, 0.6) is 11.5 Å². The highest BCUT2D eigenvalue weighted by Gasteiger charge is 2.31. The minimum Gasteiger partial charge on any atom is -0.486 e. The number of carbonyl (C=O) groups excluding carboxylic acids is 1. The van der Waals surface area contributed by atoms with Crippen LogP contribution in [0.2, 0.25) is 0 Å². The van der Waals surface area contributed by atoms with E-state index < -0.39 is 31.6 Å². The molecule has 0 spiro atoms. The van der Waals surface area contributed by atoms with Crippen molar-refractivity contribution in [2.24, 2.45) is 0 Å². The van der Waals surface area contributed by atoms with Crippen LogP contribution in [0.4, 0.5) is 11.4 Å². The van der Waals surface area contributed by atoms with E-state index in [0.717, 1.165) is 12.1 Å². The molecule has 2 aromatic rings. The first-order valence-corrected chi connectivity index (χ1v) is 11.4. The van der Waals surface area contributed by atoms with Gasteiger partial charge in [-0.3, -0.25) is 19.6 Å². The van der Waals surface area contributed by atoms with Gasteiger partial charge in [0.05, 0.1) is 17.1 Å². The van der Waals surface area contributed by atoms with Crippen LogP contribution in [-0.2, 0) is 10.0 Å². The van der Waals surface area contributed by atoms with Gasteiger partial charge < -0.3 is 19.5 Å². The van der Waals surface area contributed by atoms with Gasteiger partial charge in [-0.25, -0.2) is 8.42 Å². The van der Waals surface area contributed by atoms with Gasteiger partial charge in [0.2, 0.25) is 0 Å². The van der Waals surface area contributed by atoms with Crippen molar-refractivity contribution < 1.29 is 32.7 Å². The van der Waals surface area contributed by atoms with E-state index in [0.29, 0.717) is 19.4 Å². The van der Waals surface area contributed by atoms with E-state index in [1.54, 1.807) is 0 Å². The fourth-order valence-electron chi connectivity index (χ4n) is 3.66. The van der Waals surface area contributed by atoms with Crippen LogP contribution in [0.15, 0.2) is 41.3 Å². The first-order chi connectivity index (χ1) is 15.2. The van der Waals surface area contributed by atoms with Gasteiger partial charge >= 0.3 is 0 Å². The van der Waals surface area contributed by atoms with Crippen molar-refractivity contribution >= 4 is 27.3 Å². The van der Waals surface area contributed by atoms with E-state index in [4.69, 9.17) is 9.47 Å². The van der Waals surface area contributed by atoms with Crippen LogP contribution in [0.25, 0.3) is 0 Å². The van der Waals surface area contributed by atoms with Gasteiger partial charge in [-0.05, 0) is 31.0 Å². The summed E-state index contributed by atoms with van der Waals surface area (Å²) >= 11 is 0. The van der Waals surface area contributed by atoms with Gasteiger partial charge in [0.15, 0.2) is 16.4 Å². The molecule has 1 unspecified atom stereocenters. The second kappa shape index (κ2) is 8.63. The quantitative estimate of drug-likeness (QED) is 0.503. The highest BCUT2D eigenvalue weighted by molar-refractivity contribution is 7.92. The van der Waals surface area contributed by atoms with E-state index in [2.05, 4.69) is 4.72 Å². The number of β-amino-alcohol motifs (C(OH)–C–C–N with tert-alkyl or cyclic N) is 1. The molecule has 11 nitrogen and oxygen atoms in total. The Balaban J connectivity index is 1.62. The molecule has 12 heteroatoms. The summed E-state index contributed by atoms with van der Waals surface area (Å²) in [6, 6.07) is 7.90. The fourth-order valence-corrected chi connectivity index (χ4v) is 4.88. The molecular formula is C20H21N3O8S. The molecule has 0 aromatic heterocycles. The standard InChI is InChI=1S/C20H21N3O8S/c24-15-5-2-6-22(12-15)20(25)13-3-1-4-14(9-13)21-32(28,29)19-11-18-17(30-7-8-31-18)10-16(19)23(26)27/h1,3-4,9-11,15,21,24H,2,5-8,12H2. The Kier molecular flexibility index (Phi) is 5.89. The highest BCUT2D eigenvalue weighted by Crippen LogP contribution is 2.39. The lowest BCUT2D eigenvalue weighted by Crippen LogP contribution is -2.42. The number of aliphatic hydroxyl groups is 1. The van der Waals surface area contributed by atoms with E-state index in [-0.39, 0.29) is 48.4 Å². The minimum atomic E-state index is -4.39. The maximum Gasteiger partial charge on any atom is 0.293 e. The molecular weight excluding hydrogens is 442 g/mol. The molecule has 2 aliphatic rings. The van der Waals surface area contributed by atoms with Crippen LogP contribution in [-0.4, -0.2) is 61.7 Å². The lowest BCUT2D eigenvalue weighted by Gasteiger charge is -2.30. The van der Waals surface area contributed by atoms with Crippen molar-refractivity contribution in [3.63, 3.8) is 0 Å². The van der Waals surface area contributed by atoms with Crippen LogP contribution in [0.1, 0.15) is 23.2 Å². The Morgan fingerprint density at radius 1 is 1.19 bits per heavy atom. The van der Waals surface area contributed by atoms with Crippen molar-refractivity contribution in [3.05, 3.63) is 52.1 Å². The summed E-state index contributed by atoms with van der Waals surface area (Å²) in [6.45, 7) is 1.09. The number of hydrogen-bond donors (Lipinski definition) is 2. The van der Waals surface area contributed by atoms with Crippen molar-refractivity contribution in [2.45, 2.75) is 23.8 Å². The molecule has 2 aromatic carbocycles. The number of anilines is 1. The van der Waals surface area contributed by atoms with Crippen molar-refractivity contribution in [3.8, 4) is 11.5 Å². The summed E-state index contributed by atoms with van der Waals surface area (Å²) in [4.78, 5) is 24.4. The third-order valence-corrected chi connectivity index (χ3v) is 6.57. The summed E-state index contributed by atoms with van der Waals surface area (Å²) in [5, 5.41) is 21.3. The summed E-state index contributed by atoms with van der Waals surface area (Å²) in [5.41, 5.74) is -0.357. The molecule has 1 atom stereocenters. The summed E-state index contributed by atoms with van der Waals surface area (Å²) in [6.07, 6.45) is 0.704. The third kappa shape index (κ3) is 4.46. The largest absolute Gasteiger partial charge is 0.486 e. The Bertz CT molecular complexity index is 1170. The normalized spacial score (nSPS) is 18.2. The number of carbonyl (C=O) groups is 1. The number of piperidine rings is 1. The third-order valence-electron chi connectivity index (χ3n) is 5.16. The molecule has 0 saturated carbocycles. The molecule has 2 heterocycles. The molecule has 32 heavy (non-hydrogen) atoms. The van der Waals surface area contributed by atoms with E-state index in [9.17, 15) is 28.4 Å². The first kappa shape index (κ1) is 21.8. The zero-order valence-electron chi connectivity index (χ0n) is 16.9. The average molecular weight is 463 g/mol. The fraction of sp³-hybridized carbons (Fsp3) is 0.350. The second-order valence-electron chi connectivity index (χ2n) is 7.45. The van der Waals surface area contributed by atoms with Gasteiger partial charge in [-0.1, -0.05) is 6.07 Å². The van der Waals surface area contributed by atoms with Gasteiger partial charge in [0.1, 0.15) is 13.2 Å². The summed E-state index contributed by atoms with van der Waals surface area (Å²) in [7, 11) is -4.39. The lowest BCUT2D eigenvalue weighted by atomic mass is 10.1. The van der Waals surface area contributed by atoms with Gasteiger partial charge in [-0.2, -0.15) is 0 Å². The zero-order chi connectivity index (χ0) is 22.9. The first-order valence-electron chi connectivity index (χ1n) is 9.93. The molecule has 170 valence electrons. The molecule has 1 fully saturated rings. The molecule has 2 N–H and O–H groups in total. The van der Waals surface area contributed by atoms with Crippen LogP contribution in [0, 0.1) is 10.1 Å². The Morgan fingerprint density at radius 2 is 1.91 bits per heavy atom. The number of fused-ring (bicyclic) bond motifs is 1. The number of ether oxygens (including phenoxy) is 2. The van der Waals surface area contributed by atoms with Gasteiger partial charge in [0, 0.05) is 30.4 Å². The number of nitrogens with one attached hydrogen (secondary N) is 1. The highest BCUT2D eigenvalue weighted by atomic mass is 32.2. The number of aliphatic hydroxyl groups excluding tert-OH is 1. The predicted octanol–water partition coefficient (Wildman–Crippen LogP) is 1.76. The van der Waals surface area contributed by atoms with E-state index in [1.807, 2.05) is 0 Å². The zero-order valence-corrected chi connectivity index (χ0v) is 17.7. The summed E-state index contributed by atoms with van der Waals surface area (Å²) in [5.74, 6) is -0.150. The smallest absolute Gasteiger partial charge is 0.293 e. The van der Waals surface area contributed by atoms with Crippen LogP contribution >= 0.6 is 0 Å². The molecule has 0 radical (unpaired) electrons. The monoisotopic (exact) mass is 463 g/mol. The SMILES string of the molecule is O=C(c1cccc(NS(=O)(=O)c2cc3c(cc2[N+](=O)[O-])OCCO3)c1)N1CCCC(O)C1. The Morgan fingerprint density at radius 3 is 2.59 bits per heavy atom. The van der Waals surface area contributed by atoms with Crippen molar-refractivity contribution in [1.82, 2.24) is 4.90 Å². The number of benzene rings is 2. The molecule has 1 saturated heterocycles. The topological polar surface area (TPSA) is 148 Å². The molecule has 1 amide bonds. The van der Waals surface area contributed by atoms with Crippen LogP contribution < -0.4 is 14.2 Å². The van der Waals surface area contributed by atoms with Crippen molar-refractivity contribution in [1.29, 1.82) is 0 Å². The van der Waals surface area contributed by atoms with Crippen LogP contribution in [0.3, 0.4) is 0 Å². The number of nitrogens with zero attached hydrogens (tertiary/aromatic N) is 2. The van der Waals surface area contributed by atoms with Crippen molar-refractivity contribution in [2.75, 3.05) is 31.0 Å². The van der Waals surface area contributed by atoms with Gasteiger partial charge in [-0.15, -0.1) is 0 Å². The number of rotatable bonds is 5. The second-order valence-corrected chi connectivity index (χ2v) is 9.11. The maximum atomic E-state index is 13.0. The van der Waals surface area contributed by atoms with E-state index >= 15 is 0 Å². The molecule has 4 rings (SSSR count). The molecule has 0 aliphatic carbocycles. The number of nitro groups is 1. The molecule has 2 aliphatic heterocycles. The maximum absolute atomic E-state index is 13.0. The Hall–Kier alpha value is -3.38. The number of hydrogen-bond acceptors (Lipinski definition) is 8. The van der Waals surface area contributed by atoms with E-state index in [1.165, 1.54) is 29.2 Å². The number of amides is 1. The van der Waals surface area contributed by atoms with Gasteiger partial charge in [0.25, 0.3) is 21.6 Å². The number of nitro benzene ring substituents is 1. The lowest BCUT2D eigenvalue weighted by molar-refractivity contribution is -0.387. The number of likely N-dealkylation sites (tertiary alicyclic amines) is 1. The summed E-state index contributed by atoms with van der Waals surface area (Å²) < 4.78 is 39.0. The Labute approximate surface area is 183 Å². The average Bonchev–Trinajstić information content (AvgIpc) is 2.77. The number of sulfonamides is 1. The minimum absolute atomic E-state index is 0.0672. The molecule has 0 bridgehead atoms. The predicted molar refractivity (Wildman–Crippen MR) is 112 cm³/mol.